The Morgan fingerprint density at radius 1 is 1.75 bits per heavy atom. The lowest BCUT2D eigenvalue weighted by atomic mass is 10.1. The molecule has 4 heteroatoms. The van der Waals surface area contributed by atoms with Crippen molar-refractivity contribution < 1.29 is 5.11 Å². The van der Waals surface area contributed by atoms with E-state index in [2.05, 4.69) is 15.9 Å². The number of thiophene rings is 1. The molecule has 0 radical (unpaired) electrons. The molecule has 1 aromatic heterocycles. The lowest BCUT2D eigenvalue weighted by molar-refractivity contribution is 0.0700. The Labute approximate surface area is 84.5 Å². The van der Waals surface area contributed by atoms with E-state index in [0.29, 0.717) is 0 Å². The van der Waals surface area contributed by atoms with E-state index in [1.807, 2.05) is 13.0 Å². The molecule has 3 N–H and O–H groups in total. The van der Waals surface area contributed by atoms with Crippen LogP contribution in [0.5, 0.6) is 0 Å². The highest BCUT2D eigenvalue weighted by Gasteiger charge is 2.25. The SMILES string of the molecule is Cc1cc(Br)c(C(C)(O)CN)s1. The minimum atomic E-state index is -0.905. The summed E-state index contributed by atoms with van der Waals surface area (Å²) in [6, 6.07) is 1.99. The van der Waals surface area contributed by atoms with Crippen LogP contribution in [0.1, 0.15) is 16.7 Å². The van der Waals surface area contributed by atoms with Crippen molar-refractivity contribution in [3.63, 3.8) is 0 Å². The fraction of sp³-hybridized carbons (Fsp3) is 0.500. The van der Waals surface area contributed by atoms with Gasteiger partial charge in [0, 0.05) is 15.9 Å². The molecule has 0 amide bonds. The molecule has 1 atom stereocenters. The molecule has 0 aliphatic carbocycles. The van der Waals surface area contributed by atoms with Gasteiger partial charge in [0.25, 0.3) is 0 Å². The number of rotatable bonds is 2. The lowest BCUT2D eigenvalue weighted by Gasteiger charge is -2.19. The molecule has 1 aromatic rings. The first-order valence-electron chi connectivity index (χ1n) is 3.66. The van der Waals surface area contributed by atoms with Crippen molar-refractivity contribution in [3.8, 4) is 0 Å². The van der Waals surface area contributed by atoms with Crippen LogP contribution in [0.25, 0.3) is 0 Å². The maximum absolute atomic E-state index is 9.84. The third kappa shape index (κ3) is 1.88. The Morgan fingerprint density at radius 2 is 2.33 bits per heavy atom. The molecule has 0 aliphatic rings. The lowest BCUT2D eigenvalue weighted by Crippen LogP contribution is -2.30. The molecule has 0 aromatic carbocycles. The molecule has 0 saturated carbocycles. The van der Waals surface area contributed by atoms with E-state index in [4.69, 9.17) is 5.73 Å². The quantitative estimate of drug-likeness (QED) is 0.843. The van der Waals surface area contributed by atoms with E-state index in [-0.39, 0.29) is 6.54 Å². The van der Waals surface area contributed by atoms with E-state index in [0.717, 1.165) is 9.35 Å². The normalized spacial score (nSPS) is 16.1. The minimum Gasteiger partial charge on any atom is -0.383 e. The summed E-state index contributed by atoms with van der Waals surface area (Å²) in [4.78, 5) is 2.08. The van der Waals surface area contributed by atoms with Gasteiger partial charge in [-0.15, -0.1) is 11.3 Å². The second-order valence-electron chi connectivity index (χ2n) is 3.01. The number of aryl methyl sites for hydroxylation is 1. The average molecular weight is 250 g/mol. The second-order valence-corrected chi connectivity index (χ2v) is 5.12. The number of hydrogen-bond acceptors (Lipinski definition) is 3. The van der Waals surface area contributed by atoms with Crippen LogP contribution in [-0.4, -0.2) is 11.7 Å². The van der Waals surface area contributed by atoms with Crippen LogP contribution >= 0.6 is 27.3 Å². The molecule has 0 saturated heterocycles. The van der Waals surface area contributed by atoms with E-state index in [9.17, 15) is 5.11 Å². The molecule has 0 bridgehead atoms. The van der Waals surface area contributed by atoms with Crippen molar-refractivity contribution in [3.05, 3.63) is 20.3 Å². The minimum absolute atomic E-state index is 0.242. The number of nitrogens with two attached hydrogens (primary N) is 1. The van der Waals surface area contributed by atoms with Gasteiger partial charge in [0.15, 0.2) is 0 Å². The Kier molecular flexibility index (Phi) is 2.93. The zero-order valence-electron chi connectivity index (χ0n) is 7.10. The molecule has 0 aliphatic heterocycles. The van der Waals surface area contributed by atoms with E-state index in [1.54, 1.807) is 18.3 Å². The van der Waals surface area contributed by atoms with Gasteiger partial charge in [-0.3, -0.25) is 0 Å². The highest BCUT2D eigenvalue weighted by atomic mass is 79.9. The molecule has 1 rings (SSSR count). The first-order valence-corrected chi connectivity index (χ1v) is 5.27. The number of halogens is 1. The van der Waals surface area contributed by atoms with Crippen LogP contribution in [0.3, 0.4) is 0 Å². The van der Waals surface area contributed by atoms with Crippen LogP contribution < -0.4 is 5.73 Å². The van der Waals surface area contributed by atoms with Crippen LogP contribution in [0.15, 0.2) is 10.5 Å². The average Bonchev–Trinajstić information content (AvgIpc) is 2.31. The van der Waals surface area contributed by atoms with Gasteiger partial charge in [-0.2, -0.15) is 0 Å². The van der Waals surface area contributed by atoms with Crippen LogP contribution in [0.4, 0.5) is 0 Å². The largest absolute Gasteiger partial charge is 0.383 e. The van der Waals surface area contributed by atoms with Crippen molar-refractivity contribution in [1.82, 2.24) is 0 Å². The molecule has 1 heterocycles. The topological polar surface area (TPSA) is 46.2 Å². The third-order valence-electron chi connectivity index (χ3n) is 1.70. The van der Waals surface area contributed by atoms with Crippen LogP contribution in [0.2, 0.25) is 0 Å². The van der Waals surface area contributed by atoms with Crippen molar-refractivity contribution in [1.29, 1.82) is 0 Å². The van der Waals surface area contributed by atoms with Crippen molar-refractivity contribution in [2.45, 2.75) is 19.4 Å². The van der Waals surface area contributed by atoms with Crippen LogP contribution in [0, 0.1) is 6.92 Å². The third-order valence-corrected chi connectivity index (χ3v) is 3.89. The van der Waals surface area contributed by atoms with Crippen molar-refractivity contribution in [2.75, 3.05) is 6.54 Å². The molecule has 12 heavy (non-hydrogen) atoms. The monoisotopic (exact) mass is 249 g/mol. The summed E-state index contributed by atoms with van der Waals surface area (Å²) in [6.45, 7) is 3.97. The Morgan fingerprint density at radius 3 is 2.67 bits per heavy atom. The predicted molar refractivity (Wildman–Crippen MR) is 55.4 cm³/mol. The maximum Gasteiger partial charge on any atom is 0.109 e. The van der Waals surface area contributed by atoms with Gasteiger partial charge in [0.1, 0.15) is 5.60 Å². The van der Waals surface area contributed by atoms with Gasteiger partial charge in [-0.05, 0) is 35.8 Å². The summed E-state index contributed by atoms with van der Waals surface area (Å²) in [7, 11) is 0. The Hall–Kier alpha value is 0.1000. The summed E-state index contributed by atoms with van der Waals surface area (Å²) < 4.78 is 0.945. The summed E-state index contributed by atoms with van der Waals surface area (Å²) in [5.74, 6) is 0. The van der Waals surface area contributed by atoms with Gasteiger partial charge in [-0.25, -0.2) is 0 Å². The highest BCUT2D eigenvalue weighted by Crippen LogP contribution is 2.34. The van der Waals surface area contributed by atoms with Gasteiger partial charge in [0.2, 0.25) is 0 Å². The summed E-state index contributed by atoms with van der Waals surface area (Å²) in [5.41, 5.74) is 4.55. The molecule has 0 fully saturated rings. The molecule has 1 unspecified atom stereocenters. The molecule has 2 nitrogen and oxygen atoms in total. The number of hydrogen-bond donors (Lipinski definition) is 2. The van der Waals surface area contributed by atoms with Gasteiger partial charge in [-0.1, -0.05) is 0 Å². The molecular formula is C8H12BrNOS. The van der Waals surface area contributed by atoms with Crippen molar-refractivity contribution >= 4 is 27.3 Å². The van der Waals surface area contributed by atoms with Gasteiger partial charge < -0.3 is 10.8 Å². The maximum atomic E-state index is 9.84. The molecular weight excluding hydrogens is 238 g/mol. The molecule has 68 valence electrons. The predicted octanol–water partition coefficient (Wildman–Crippen LogP) is 1.99. The second kappa shape index (κ2) is 3.46. The first-order chi connectivity index (χ1) is 5.47. The smallest absolute Gasteiger partial charge is 0.109 e. The summed E-state index contributed by atoms with van der Waals surface area (Å²) in [5, 5.41) is 9.84. The highest BCUT2D eigenvalue weighted by molar-refractivity contribution is 9.10. The fourth-order valence-electron chi connectivity index (χ4n) is 0.943. The van der Waals surface area contributed by atoms with E-state index < -0.39 is 5.60 Å². The van der Waals surface area contributed by atoms with Gasteiger partial charge >= 0.3 is 0 Å². The first kappa shape index (κ1) is 10.2. The standard InChI is InChI=1S/C8H12BrNOS/c1-5-3-6(9)7(12-5)8(2,11)4-10/h3,11H,4,10H2,1-2H3. The molecule has 0 spiro atoms. The van der Waals surface area contributed by atoms with Crippen molar-refractivity contribution in [2.24, 2.45) is 5.73 Å². The fourth-order valence-corrected chi connectivity index (χ4v) is 3.07. The zero-order valence-corrected chi connectivity index (χ0v) is 9.50. The van der Waals surface area contributed by atoms with Gasteiger partial charge in [0.05, 0.1) is 4.88 Å². The van der Waals surface area contributed by atoms with E-state index >= 15 is 0 Å². The Balaban J connectivity index is 3.09. The Bertz CT molecular complexity index is 283. The summed E-state index contributed by atoms with van der Waals surface area (Å²) in [6.07, 6.45) is 0. The number of aliphatic hydroxyl groups is 1. The van der Waals surface area contributed by atoms with E-state index in [1.165, 1.54) is 4.88 Å². The summed E-state index contributed by atoms with van der Waals surface area (Å²) >= 11 is 4.96. The van der Waals surface area contributed by atoms with Crippen LogP contribution in [-0.2, 0) is 5.60 Å². The zero-order chi connectivity index (χ0) is 9.35.